The smallest absolute Gasteiger partial charge is 0.390 e. The molecule has 20 heavy (non-hydrogen) atoms. The molecule has 0 bridgehead atoms. The van der Waals surface area contributed by atoms with Crippen molar-refractivity contribution < 1.29 is 26.3 Å². The standard InChI is InChI=1S/C11H15F3N2O3S/c1-16(6-5-11(12,13)14)20(17,18)10-4-3-8(19-2)7-9(10)15/h3-4,7H,5-6,15H2,1-2H3. The molecule has 0 amide bonds. The van der Waals surface area contributed by atoms with E-state index in [-0.39, 0.29) is 10.6 Å². The Hall–Kier alpha value is -1.48. The molecule has 0 fully saturated rings. The number of methoxy groups -OCH3 is 1. The second-order valence-electron chi connectivity index (χ2n) is 4.10. The molecule has 0 spiro atoms. The van der Waals surface area contributed by atoms with E-state index in [1.54, 1.807) is 0 Å². The summed E-state index contributed by atoms with van der Waals surface area (Å²) in [4.78, 5) is -0.247. The summed E-state index contributed by atoms with van der Waals surface area (Å²) in [5.74, 6) is 0.361. The first kappa shape index (κ1) is 16.6. The summed E-state index contributed by atoms with van der Waals surface area (Å²) in [5, 5.41) is 0. The van der Waals surface area contributed by atoms with E-state index >= 15 is 0 Å². The van der Waals surface area contributed by atoms with E-state index in [1.165, 1.54) is 25.3 Å². The van der Waals surface area contributed by atoms with E-state index in [0.29, 0.717) is 10.1 Å². The average molecular weight is 312 g/mol. The van der Waals surface area contributed by atoms with Gasteiger partial charge in [-0.05, 0) is 12.1 Å². The molecule has 0 unspecified atom stereocenters. The van der Waals surface area contributed by atoms with Crippen molar-refractivity contribution in [3.05, 3.63) is 18.2 Å². The second kappa shape index (κ2) is 5.88. The number of anilines is 1. The number of alkyl halides is 3. The van der Waals surface area contributed by atoms with E-state index in [2.05, 4.69) is 0 Å². The molecule has 0 heterocycles. The fourth-order valence-corrected chi connectivity index (χ4v) is 2.72. The fraction of sp³-hybridized carbons (Fsp3) is 0.455. The second-order valence-corrected chi connectivity index (χ2v) is 6.11. The lowest BCUT2D eigenvalue weighted by Gasteiger charge is -2.19. The van der Waals surface area contributed by atoms with Crippen molar-refractivity contribution in [3.63, 3.8) is 0 Å². The maximum atomic E-state index is 12.1. The number of hydrogen-bond acceptors (Lipinski definition) is 4. The van der Waals surface area contributed by atoms with Crippen molar-refractivity contribution in [2.75, 3.05) is 26.4 Å². The van der Waals surface area contributed by atoms with Crippen molar-refractivity contribution in [3.8, 4) is 5.75 Å². The Bertz CT molecular complexity index is 573. The van der Waals surface area contributed by atoms with Crippen LogP contribution in [0.3, 0.4) is 0 Å². The Balaban J connectivity index is 2.98. The zero-order chi connectivity index (χ0) is 15.6. The molecule has 9 heteroatoms. The zero-order valence-corrected chi connectivity index (χ0v) is 11.8. The van der Waals surface area contributed by atoms with Crippen molar-refractivity contribution in [1.82, 2.24) is 4.31 Å². The van der Waals surface area contributed by atoms with Crippen LogP contribution < -0.4 is 10.5 Å². The van der Waals surface area contributed by atoms with E-state index in [9.17, 15) is 21.6 Å². The molecule has 0 aromatic heterocycles. The topological polar surface area (TPSA) is 72.6 Å². The highest BCUT2D eigenvalue weighted by molar-refractivity contribution is 7.89. The SMILES string of the molecule is COc1ccc(S(=O)(=O)N(C)CCC(F)(F)F)c(N)c1. The van der Waals surface area contributed by atoms with Crippen LogP contribution >= 0.6 is 0 Å². The van der Waals surface area contributed by atoms with Gasteiger partial charge in [0.2, 0.25) is 10.0 Å². The van der Waals surface area contributed by atoms with Crippen LogP contribution in [0.25, 0.3) is 0 Å². The average Bonchev–Trinajstić information content (AvgIpc) is 2.34. The van der Waals surface area contributed by atoms with Crippen LogP contribution in [0.4, 0.5) is 18.9 Å². The number of benzene rings is 1. The lowest BCUT2D eigenvalue weighted by molar-refractivity contribution is -0.135. The van der Waals surface area contributed by atoms with Gasteiger partial charge in [-0.15, -0.1) is 0 Å². The Morgan fingerprint density at radius 2 is 1.95 bits per heavy atom. The molecule has 0 aliphatic rings. The number of nitrogens with zero attached hydrogens (tertiary/aromatic N) is 1. The van der Waals surface area contributed by atoms with Gasteiger partial charge in [-0.1, -0.05) is 0 Å². The Morgan fingerprint density at radius 1 is 1.35 bits per heavy atom. The van der Waals surface area contributed by atoms with E-state index in [0.717, 1.165) is 7.05 Å². The van der Waals surface area contributed by atoms with Crippen molar-refractivity contribution in [2.45, 2.75) is 17.5 Å². The molecule has 0 aliphatic heterocycles. The number of hydrogen-bond donors (Lipinski definition) is 1. The van der Waals surface area contributed by atoms with Crippen molar-refractivity contribution in [2.24, 2.45) is 0 Å². The third kappa shape index (κ3) is 4.01. The quantitative estimate of drug-likeness (QED) is 0.842. The van der Waals surface area contributed by atoms with Crippen LogP contribution in [-0.2, 0) is 10.0 Å². The lowest BCUT2D eigenvalue weighted by atomic mass is 10.3. The van der Waals surface area contributed by atoms with Crippen molar-refractivity contribution in [1.29, 1.82) is 0 Å². The minimum absolute atomic E-state index is 0.0804. The van der Waals surface area contributed by atoms with E-state index < -0.39 is 29.2 Å². The summed E-state index contributed by atoms with van der Waals surface area (Å²) in [6.45, 7) is -0.669. The summed E-state index contributed by atoms with van der Waals surface area (Å²) in [6, 6.07) is 3.87. The molecule has 5 nitrogen and oxygen atoms in total. The third-order valence-corrected chi connectivity index (χ3v) is 4.55. The number of ether oxygens (including phenoxy) is 1. The predicted molar refractivity (Wildman–Crippen MR) is 67.9 cm³/mol. The van der Waals surface area contributed by atoms with Gasteiger partial charge >= 0.3 is 6.18 Å². The highest BCUT2D eigenvalue weighted by Crippen LogP contribution is 2.27. The van der Waals surface area contributed by atoms with Gasteiger partial charge < -0.3 is 10.5 Å². The van der Waals surface area contributed by atoms with Gasteiger partial charge in [0.25, 0.3) is 0 Å². The maximum Gasteiger partial charge on any atom is 0.390 e. The van der Waals surface area contributed by atoms with Crippen LogP contribution in [0.15, 0.2) is 23.1 Å². The molecular formula is C11H15F3N2O3S. The van der Waals surface area contributed by atoms with Gasteiger partial charge in [0.15, 0.2) is 0 Å². The summed E-state index contributed by atoms with van der Waals surface area (Å²) < 4.78 is 66.1. The minimum atomic E-state index is -4.42. The molecule has 1 rings (SSSR count). The molecule has 0 saturated heterocycles. The Morgan fingerprint density at radius 3 is 2.40 bits per heavy atom. The molecular weight excluding hydrogens is 297 g/mol. The summed E-state index contributed by atoms with van der Waals surface area (Å²) >= 11 is 0. The first-order chi connectivity index (χ1) is 9.08. The van der Waals surface area contributed by atoms with Gasteiger partial charge in [0, 0.05) is 19.7 Å². The van der Waals surface area contributed by atoms with Gasteiger partial charge in [0.1, 0.15) is 10.6 Å². The van der Waals surface area contributed by atoms with E-state index in [4.69, 9.17) is 10.5 Å². The predicted octanol–water partition coefficient (Wildman–Crippen LogP) is 1.85. The molecule has 2 N–H and O–H groups in total. The molecule has 1 aromatic carbocycles. The first-order valence-electron chi connectivity index (χ1n) is 5.54. The van der Waals surface area contributed by atoms with Crippen LogP contribution in [0.1, 0.15) is 6.42 Å². The normalized spacial score (nSPS) is 12.7. The first-order valence-corrected chi connectivity index (χ1v) is 6.98. The van der Waals surface area contributed by atoms with Crippen LogP contribution in [0.5, 0.6) is 5.75 Å². The molecule has 0 aliphatic carbocycles. The van der Waals surface area contributed by atoms with Gasteiger partial charge in [-0.25, -0.2) is 12.7 Å². The lowest BCUT2D eigenvalue weighted by Crippen LogP contribution is -2.31. The van der Waals surface area contributed by atoms with Gasteiger partial charge in [-0.3, -0.25) is 0 Å². The number of nitrogens with two attached hydrogens (primary N) is 1. The fourth-order valence-electron chi connectivity index (χ4n) is 1.46. The van der Waals surface area contributed by atoms with Crippen LogP contribution in [-0.4, -0.2) is 39.6 Å². The van der Waals surface area contributed by atoms with E-state index in [1.807, 2.05) is 0 Å². The summed E-state index contributed by atoms with van der Waals surface area (Å²) in [7, 11) is -1.60. The molecule has 1 aromatic rings. The minimum Gasteiger partial charge on any atom is -0.497 e. The number of nitrogen functional groups attached to an aromatic ring is 1. The van der Waals surface area contributed by atoms with Crippen LogP contribution in [0, 0.1) is 0 Å². The Labute approximate surface area is 115 Å². The molecule has 0 atom stereocenters. The maximum absolute atomic E-state index is 12.1. The zero-order valence-electron chi connectivity index (χ0n) is 10.9. The number of halogens is 3. The third-order valence-electron chi connectivity index (χ3n) is 2.62. The van der Waals surface area contributed by atoms with Crippen molar-refractivity contribution >= 4 is 15.7 Å². The number of rotatable bonds is 5. The monoisotopic (exact) mass is 312 g/mol. The molecule has 114 valence electrons. The highest BCUT2D eigenvalue weighted by Gasteiger charge is 2.31. The highest BCUT2D eigenvalue weighted by atomic mass is 32.2. The largest absolute Gasteiger partial charge is 0.497 e. The van der Waals surface area contributed by atoms with Crippen LogP contribution in [0.2, 0.25) is 0 Å². The summed E-state index contributed by atoms with van der Waals surface area (Å²) in [6.07, 6.45) is -5.64. The van der Waals surface area contributed by atoms with Gasteiger partial charge in [0.05, 0.1) is 19.2 Å². The number of sulfonamides is 1. The molecule has 0 radical (unpaired) electrons. The molecule has 0 saturated carbocycles. The summed E-state index contributed by atoms with van der Waals surface area (Å²) in [5.41, 5.74) is 5.51. The van der Waals surface area contributed by atoms with Gasteiger partial charge in [-0.2, -0.15) is 13.2 Å². The Kier molecular flexibility index (Phi) is 4.87.